The van der Waals surface area contributed by atoms with E-state index in [4.69, 9.17) is 9.47 Å². The molecule has 1 N–H and O–H groups in total. The number of ketones is 1. The molecule has 1 aliphatic heterocycles. The number of carbonyl (C=O) groups is 2. The van der Waals surface area contributed by atoms with Crippen molar-refractivity contribution in [3.8, 4) is 22.2 Å². The summed E-state index contributed by atoms with van der Waals surface area (Å²) in [5.41, 5.74) is 0.572. The Balaban J connectivity index is 1.48. The number of amides is 1. The van der Waals surface area contributed by atoms with Gasteiger partial charge in [0, 0.05) is 37.0 Å². The van der Waals surface area contributed by atoms with E-state index in [2.05, 4.69) is 9.97 Å². The molecule has 0 unspecified atom stereocenters. The van der Waals surface area contributed by atoms with Crippen molar-refractivity contribution in [3.63, 3.8) is 0 Å². The first-order valence-corrected chi connectivity index (χ1v) is 10.6. The molecule has 30 heavy (non-hydrogen) atoms. The number of methoxy groups -OCH3 is 2. The maximum absolute atomic E-state index is 13.1. The molecule has 3 heterocycles. The number of benzene rings is 1. The number of likely N-dealkylation sites (tertiary alicyclic amines) is 1. The van der Waals surface area contributed by atoms with Gasteiger partial charge in [0.2, 0.25) is 0 Å². The van der Waals surface area contributed by atoms with Crippen molar-refractivity contribution < 1.29 is 19.1 Å². The summed E-state index contributed by atoms with van der Waals surface area (Å²) in [4.78, 5) is 36.8. The van der Waals surface area contributed by atoms with Crippen LogP contribution in [0.2, 0.25) is 0 Å². The van der Waals surface area contributed by atoms with Gasteiger partial charge in [0.25, 0.3) is 5.91 Å². The normalized spacial score (nSPS) is 16.3. The summed E-state index contributed by atoms with van der Waals surface area (Å²) < 4.78 is 10.6. The monoisotopic (exact) mass is 425 g/mol. The Hall–Kier alpha value is -3.13. The molecule has 1 saturated heterocycles. The zero-order chi connectivity index (χ0) is 21.1. The maximum Gasteiger partial charge on any atom is 0.263 e. The maximum atomic E-state index is 13.1. The highest BCUT2D eigenvalue weighted by atomic mass is 32.1. The summed E-state index contributed by atoms with van der Waals surface area (Å²) in [7, 11) is 3.11. The van der Waals surface area contributed by atoms with Crippen LogP contribution in [0.4, 0.5) is 0 Å². The number of ether oxygens (including phenoxy) is 2. The Bertz CT molecular complexity index is 1040. The SMILES string of the molecule is COc1ccc(C(=O)[C@H]2CCCN(C(=O)c3ccc(-c4ncc[nH]4)s3)C2)cc1OC. The van der Waals surface area contributed by atoms with Crippen LogP contribution in [-0.4, -0.2) is 53.9 Å². The second-order valence-electron chi connectivity index (χ2n) is 7.13. The first-order valence-electron chi connectivity index (χ1n) is 9.76. The lowest BCUT2D eigenvalue weighted by atomic mass is 9.89. The Morgan fingerprint density at radius 1 is 1.17 bits per heavy atom. The number of carbonyl (C=O) groups excluding carboxylic acids is 2. The third-order valence-corrected chi connectivity index (χ3v) is 6.38. The minimum Gasteiger partial charge on any atom is -0.493 e. The van der Waals surface area contributed by atoms with E-state index < -0.39 is 0 Å². The molecule has 3 aromatic rings. The van der Waals surface area contributed by atoms with Crippen LogP contribution >= 0.6 is 11.3 Å². The highest BCUT2D eigenvalue weighted by Gasteiger charge is 2.30. The fourth-order valence-corrected chi connectivity index (χ4v) is 4.67. The summed E-state index contributed by atoms with van der Waals surface area (Å²) in [6, 6.07) is 8.91. The Morgan fingerprint density at radius 3 is 2.73 bits per heavy atom. The molecule has 0 bridgehead atoms. The summed E-state index contributed by atoms with van der Waals surface area (Å²) in [5.74, 6) is 1.61. The number of nitrogens with one attached hydrogen (secondary N) is 1. The number of thiophene rings is 1. The molecule has 1 aliphatic rings. The molecule has 2 aromatic heterocycles. The largest absolute Gasteiger partial charge is 0.493 e. The smallest absolute Gasteiger partial charge is 0.263 e. The number of piperidine rings is 1. The predicted molar refractivity (Wildman–Crippen MR) is 114 cm³/mol. The lowest BCUT2D eigenvalue weighted by Gasteiger charge is -2.31. The third kappa shape index (κ3) is 3.95. The van der Waals surface area contributed by atoms with Crippen molar-refractivity contribution in [3.05, 3.63) is 53.2 Å². The van der Waals surface area contributed by atoms with Gasteiger partial charge in [0.1, 0.15) is 5.82 Å². The topological polar surface area (TPSA) is 84.5 Å². The van der Waals surface area contributed by atoms with Crippen LogP contribution < -0.4 is 9.47 Å². The number of Topliss-reactive ketones (excluding diaryl/α,β-unsaturated/α-hetero) is 1. The molecule has 1 fully saturated rings. The van der Waals surface area contributed by atoms with E-state index in [-0.39, 0.29) is 17.6 Å². The molecule has 0 spiro atoms. The number of rotatable bonds is 6. The molecule has 7 nitrogen and oxygen atoms in total. The van der Waals surface area contributed by atoms with Gasteiger partial charge in [-0.2, -0.15) is 0 Å². The van der Waals surface area contributed by atoms with Crippen molar-refractivity contribution in [2.75, 3.05) is 27.3 Å². The fourth-order valence-electron chi connectivity index (χ4n) is 3.74. The van der Waals surface area contributed by atoms with Crippen LogP contribution in [0, 0.1) is 5.92 Å². The molecule has 0 aliphatic carbocycles. The first-order chi connectivity index (χ1) is 14.6. The highest BCUT2D eigenvalue weighted by Crippen LogP contribution is 2.31. The summed E-state index contributed by atoms with van der Waals surface area (Å²) >= 11 is 1.41. The van der Waals surface area contributed by atoms with E-state index in [1.807, 2.05) is 12.1 Å². The number of aromatic amines is 1. The second kappa shape index (κ2) is 8.71. The van der Waals surface area contributed by atoms with Crippen molar-refractivity contribution in [1.29, 1.82) is 0 Å². The highest BCUT2D eigenvalue weighted by molar-refractivity contribution is 7.17. The second-order valence-corrected chi connectivity index (χ2v) is 8.21. The molecule has 1 aromatic carbocycles. The molecule has 0 radical (unpaired) electrons. The number of nitrogens with zero attached hydrogens (tertiary/aromatic N) is 2. The third-order valence-electron chi connectivity index (χ3n) is 5.30. The minimum atomic E-state index is -0.231. The lowest BCUT2D eigenvalue weighted by Crippen LogP contribution is -2.42. The number of hydrogen-bond donors (Lipinski definition) is 1. The van der Waals surface area contributed by atoms with E-state index in [0.717, 1.165) is 23.5 Å². The van der Waals surface area contributed by atoms with Gasteiger partial charge in [-0.25, -0.2) is 4.98 Å². The molecule has 0 saturated carbocycles. The van der Waals surface area contributed by atoms with Crippen molar-refractivity contribution in [2.45, 2.75) is 12.8 Å². The zero-order valence-corrected chi connectivity index (χ0v) is 17.7. The van der Waals surface area contributed by atoms with E-state index >= 15 is 0 Å². The molecular formula is C22H23N3O4S. The molecule has 156 valence electrons. The Kier molecular flexibility index (Phi) is 5.85. The van der Waals surface area contributed by atoms with Gasteiger partial charge in [-0.1, -0.05) is 0 Å². The van der Waals surface area contributed by atoms with E-state index in [1.54, 1.807) is 49.7 Å². The van der Waals surface area contributed by atoms with Gasteiger partial charge in [-0.3, -0.25) is 9.59 Å². The summed E-state index contributed by atoms with van der Waals surface area (Å²) in [6.45, 7) is 1.07. The summed E-state index contributed by atoms with van der Waals surface area (Å²) in [5, 5.41) is 0. The van der Waals surface area contributed by atoms with Crippen LogP contribution in [0.1, 0.15) is 32.9 Å². The van der Waals surface area contributed by atoms with E-state index in [9.17, 15) is 9.59 Å². The minimum absolute atomic E-state index is 0.0240. The molecule has 1 atom stereocenters. The lowest BCUT2D eigenvalue weighted by molar-refractivity contribution is 0.0641. The fraction of sp³-hybridized carbons (Fsp3) is 0.318. The van der Waals surface area contributed by atoms with Gasteiger partial charge in [-0.15, -0.1) is 11.3 Å². The number of aromatic nitrogens is 2. The number of imidazole rings is 1. The quantitative estimate of drug-likeness (QED) is 0.606. The Morgan fingerprint density at radius 2 is 2.00 bits per heavy atom. The Labute approximate surface area is 178 Å². The van der Waals surface area contributed by atoms with Crippen molar-refractivity contribution in [2.24, 2.45) is 5.92 Å². The average molecular weight is 426 g/mol. The number of hydrogen-bond acceptors (Lipinski definition) is 6. The van der Waals surface area contributed by atoms with Crippen molar-refractivity contribution in [1.82, 2.24) is 14.9 Å². The van der Waals surface area contributed by atoms with Crippen LogP contribution in [0.5, 0.6) is 11.5 Å². The molecule has 4 rings (SSSR count). The molecule has 1 amide bonds. The molecular weight excluding hydrogens is 402 g/mol. The molecule has 8 heteroatoms. The van der Waals surface area contributed by atoms with Crippen LogP contribution in [0.25, 0.3) is 10.7 Å². The van der Waals surface area contributed by atoms with Crippen LogP contribution in [-0.2, 0) is 0 Å². The van der Waals surface area contributed by atoms with E-state index in [1.165, 1.54) is 11.3 Å². The van der Waals surface area contributed by atoms with Crippen LogP contribution in [0.15, 0.2) is 42.7 Å². The average Bonchev–Trinajstić information content (AvgIpc) is 3.49. The van der Waals surface area contributed by atoms with Gasteiger partial charge >= 0.3 is 0 Å². The predicted octanol–water partition coefficient (Wildman–Crippen LogP) is 3.89. The first kappa shape index (κ1) is 20.2. The summed E-state index contributed by atoms with van der Waals surface area (Å²) in [6.07, 6.45) is 5.00. The van der Waals surface area contributed by atoms with Gasteiger partial charge in [0.05, 0.1) is 24.0 Å². The van der Waals surface area contributed by atoms with Gasteiger partial charge < -0.3 is 19.4 Å². The van der Waals surface area contributed by atoms with Crippen LogP contribution in [0.3, 0.4) is 0 Å². The van der Waals surface area contributed by atoms with Crippen molar-refractivity contribution >= 4 is 23.0 Å². The van der Waals surface area contributed by atoms with E-state index in [0.29, 0.717) is 35.0 Å². The zero-order valence-electron chi connectivity index (χ0n) is 16.9. The van der Waals surface area contributed by atoms with Gasteiger partial charge in [0.15, 0.2) is 17.3 Å². The van der Waals surface area contributed by atoms with Gasteiger partial charge in [-0.05, 0) is 43.2 Å². The number of H-pyrrole nitrogens is 1. The standard InChI is InChI=1S/C22H23N3O4S/c1-28-16-6-5-14(12-17(16)29-2)20(26)15-4-3-11-25(13-15)22(27)19-8-7-18(30-19)21-23-9-10-24-21/h5-10,12,15H,3-4,11,13H2,1-2H3,(H,23,24)/t15-/m0/s1.